The lowest BCUT2D eigenvalue weighted by molar-refractivity contribution is 0.0548. The van der Waals surface area contributed by atoms with Gasteiger partial charge in [-0.3, -0.25) is 0 Å². The predicted molar refractivity (Wildman–Crippen MR) is 66.7 cm³/mol. The van der Waals surface area contributed by atoms with Gasteiger partial charge in [-0.2, -0.15) is 0 Å². The molecule has 0 amide bonds. The molecular weight excluding hydrogens is 220 g/mol. The van der Waals surface area contributed by atoms with Crippen molar-refractivity contribution in [1.29, 1.82) is 0 Å². The molecule has 1 saturated heterocycles. The second-order valence-electron chi connectivity index (χ2n) is 4.29. The fraction of sp³-hybridized carbons (Fsp3) is 0.750. The van der Waals surface area contributed by atoms with Crippen LogP contribution in [0.3, 0.4) is 0 Å². The Morgan fingerprint density at radius 2 is 2.56 bits per heavy atom. The molecule has 1 aliphatic rings. The van der Waals surface area contributed by atoms with E-state index >= 15 is 0 Å². The van der Waals surface area contributed by atoms with E-state index in [0.29, 0.717) is 5.92 Å². The fourth-order valence-electron chi connectivity index (χ4n) is 1.96. The fourth-order valence-corrected chi connectivity index (χ4v) is 2.79. The number of aryl methyl sites for hydroxylation is 1. The van der Waals surface area contributed by atoms with Gasteiger partial charge >= 0.3 is 0 Å². The Balaban J connectivity index is 1.66. The van der Waals surface area contributed by atoms with Crippen molar-refractivity contribution in [2.75, 3.05) is 19.8 Å². The maximum atomic E-state index is 5.46. The molecule has 1 N–H and O–H groups in total. The average molecular weight is 240 g/mol. The van der Waals surface area contributed by atoms with Gasteiger partial charge in [0.2, 0.25) is 0 Å². The molecule has 1 aromatic rings. The molecule has 3 nitrogen and oxygen atoms in total. The summed E-state index contributed by atoms with van der Waals surface area (Å²) in [5.41, 5.74) is 0. The Bertz CT molecular complexity index is 308. The van der Waals surface area contributed by atoms with Gasteiger partial charge in [0.25, 0.3) is 0 Å². The average Bonchev–Trinajstić information content (AvgIpc) is 2.78. The lowest BCUT2D eigenvalue weighted by Crippen LogP contribution is -2.28. The van der Waals surface area contributed by atoms with Crippen molar-refractivity contribution in [3.63, 3.8) is 0 Å². The number of nitrogens with zero attached hydrogens (tertiary/aromatic N) is 1. The number of rotatable bonds is 5. The van der Waals surface area contributed by atoms with E-state index in [1.54, 1.807) is 0 Å². The molecule has 90 valence electrons. The molecule has 2 heterocycles. The van der Waals surface area contributed by atoms with E-state index in [-0.39, 0.29) is 0 Å². The summed E-state index contributed by atoms with van der Waals surface area (Å²) in [7, 11) is 0. The van der Waals surface area contributed by atoms with Crippen molar-refractivity contribution in [2.24, 2.45) is 5.92 Å². The van der Waals surface area contributed by atoms with E-state index in [1.165, 1.54) is 22.7 Å². The molecule has 1 unspecified atom stereocenters. The standard InChI is InChI=1S/C12H20N2OS/c1-2-12-14-8-11(16-12)7-13-6-10-4-3-5-15-9-10/h8,10,13H,2-7,9H2,1H3. The van der Waals surface area contributed by atoms with Gasteiger partial charge in [0.1, 0.15) is 0 Å². The number of hydrogen-bond donors (Lipinski definition) is 1. The smallest absolute Gasteiger partial charge is 0.0925 e. The molecule has 1 aromatic heterocycles. The number of aromatic nitrogens is 1. The highest BCUT2D eigenvalue weighted by atomic mass is 32.1. The summed E-state index contributed by atoms with van der Waals surface area (Å²) in [5.74, 6) is 0.701. The largest absolute Gasteiger partial charge is 0.381 e. The van der Waals surface area contributed by atoms with E-state index in [1.807, 2.05) is 17.5 Å². The maximum Gasteiger partial charge on any atom is 0.0925 e. The van der Waals surface area contributed by atoms with Crippen LogP contribution in [0.25, 0.3) is 0 Å². The van der Waals surface area contributed by atoms with Crippen LogP contribution in [0.4, 0.5) is 0 Å². The van der Waals surface area contributed by atoms with Crippen molar-refractivity contribution in [3.8, 4) is 0 Å². The van der Waals surface area contributed by atoms with Crippen molar-refractivity contribution < 1.29 is 4.74 Å². The first-order valence-electron chi connectivity index (χ1n) is 6.10. The van der Waals surface area contributed by atoms with Crippen LogP contribution in [0.2, 0.25) is 0 Å². The first kappa shape index (κ1) is 12.0. The lowest BCUT2D eigenvalue weighted by Gasteiger charge is -2.22. The zero-order valence-corrected chi connectivity index (χ0v) is 10.7. The molecule has 0 radical (unpaired) electrons. The van der Waals surface area contributed by atoms with Crippen LogP contribution in [-0.2, 0) is 17.7 Å². The maximum absolute atomic E-state index is 5.46. The van der Waals surface area contributed by atoms with Gasteiger partial charge in [-0.1, -0.05) is 6.92 Å². The Kier molecular flexibility index (Phi) is 4.75. The van der Waals surface area contributed by atoms with Crippen LogP contribution < -0.4 is 5.32 Å². The Labute approximate surface area is 101 Å². The molecule has 2 rings (SSSR count). The van der Waals surface area contributed by atoms with Crippen molar-refractivity contribution in [1.82, 2.24) is 10.3 Å². The van der Waals surface area contributed by atoms with E-state index in [0.717, 1.165) is 32.7 Å². The van der Waals surface area contributed by atoms with Gasteiger partial charge < -0.3 is 10.1 Å². The summed E-state index contributed by atoms with van der Waals surface area (Å²) in [6, 6.07) is 0. The van der Waals surface area contributed by atoms with E-state index < -0.39 is 0 Å². The van der Waals surface area contributed by atoms with Gasteiger partial charge in [-0.25, -0.2) is 4.98 Å². The third-order valence-corrected chi connectivity index (χ3v) is 4.03. The second kappa shape index (κ2) is 6.33. The molecule has 16 heavy (non-hydrogen) atoms. The Morgan fingerprint density at radius 3 is 3.25 bits per heavy atom. The molecule has 0 spiro atoms. The minimum Gasteiger partial charge on any atom is -0.381 e. The third kappa shape index (κ3) is 3.54. The van der Waals surface area contributed by atoms with Crippen molar-refractivity contribution >= 4 is 11.3 Å². The molecule has 0 bridgehead atoms. The summed E-state index contributed by atoms with van der Waals surface area (Å²) < 4.78 is 5.46. The SMILES string of the molecule is CCc1ncc(CNCC2CCCOC2)s1. The molecule has 0 aromatic carbocycles. The molecule has 0 aliphatic carbocycles. The topological polar surface area (TPSA) is 34.2 Å². The van der Waals surface area contributed by atoms with Gasteiger partial charge in [0.05, 0.1) is 11.6 Å². The normalized spacial score (nSPS) is 21.2. The molecule has 0 saturated carbocycles. The van der Waals surface area contributed by atoms with Crippen LogP contribution >= 0.6 is 11.3 Å². The Morgan fingerprint density at radius 1 is 1.62 bits per heavy atom. The van der Waals surface area contributed by atoms with Crippen LogP contribution in [0.1, 0.15) is 29.7 Å². The summed E-state index contributed by atoms with van der Waals surface area (Å²) in [6.45, 7) is 6.05. The zero-order chi connectivity index (χ0) is 11.2. The number of thiazole rings is 1. The summed E-state index contributed by atoms with van der Waals surface area (Å²) in [4.78, 5) is 5.70. The van der Waals surface area contributed by atoms with E-state index in [4.69, 9.17) is 4.74 Å². The highest BCUT2D eigenvalue weighted by molar-refractivity contribution is 7.11. The number of hydrogen-bond acceptors (Lipinski definition) is 4. The van der Waals surface area contributed by atoms with Crippen LogP contribution in [0.5, 0.6) is 0 Å². The lowest BCUT2D eigenvalue weighted by atomic mass is 10.0. The van der Waals surface area contributed by atoms with Crippen LogP contribution in [-0.4, -0.2) is 24.7 Å². The minimum absolute atomic E-state index is 0.701. The monoisotopic (exact) mass is 240 g/mol. The van der Waals surface area contributed by atoms with Crippen molar-refractivity contribution in [2.45, 2.75) is 32.7 Å². The molecule has 1 fully saturated rings. The van der Waals surface area contributed by atoms with Crippen molar-refractivity contribution in [3.05, 3.63) is 16.1 Å². The molecule has 4 heteroatoms. The van der Waals surface area contributed by atoms with Crippen LogP contribution in [0.15, 0.2) is 6.20 Å². The zero-order valence-electron chi connectivity index (χ0n) is 9.87. The molecule has 1 aliphatic heterocycles. The highest BCUT2D eigenvalue weighted by Gasteiger charge is 2.13. The van der Waals surface area contributed by atoms with Gasteiger partial charge in [0, 0.05) is 30.8 Å². The first-order chi connectivity index (χ1) is 7.88. The highest BCUT2D eigenvalue weighted by Crippen LogP contribution is 2.15. The second-order valence-corrected chi connectivity index (χ2v) is 5.49. The van der Waals surface area contributed by atoms with Crippen LogP contribution in [0, 0.1) is 5.92 Å². The summed E-state index contributed by atoms with van der Waals surface area (Å²) in [5, 5.41) is 4.73. The predicted octanol–water partition coefficient (Wildman–Crippen LogP) is 2.22. The number of ether oxygens (including phenoxy) is 1. The summed E-state index contributed by atoms with van der Waals surface area (Å²) >= 11 is 1.81. The quantitative estimate of drug-likeness (QED) is 0.857. The molecule has 1 atom stereocenters. The number of nitrogens with one attached hydrogen (secondary N) is 1. The molecular formula is C12H20N2OS. The van der Waals surface area contributed by atoms with Gasteiger partial charge in [-0.05, 0) is 25.2 Å². The summed E-state index contributed by atoms with van der Waals surface area (Å²) in [6.07, 6.45) is 5.55. The Hall–Kier alpha value is -0.450. The van der Waals surface area contributed by atoms with Gasteiger partial charge in [-0.15, -0.1) is 11.3 Å². The first-order valence-corrected chi connectivity index (χ1v) is 6.92. The minimum atomic E-state index is 0.701. The van der Waals surface area contributed by atoms with E-state index in [9.17, 15) is 0 Å². The third-order valence-electron chi connectivity index (χ3n) is 2.89. The van der Waals surface area contributed by atoms with E-state index in [2.05, 4.69) is 17.2 Å². The van der Waals surface area contributed by atoms with Gasteiger partial charge in [0.15, 0.2) is 0 Å².